The summed E-state index contributed by atoms with van der Waals surface area (Å²) in [4.78, 5) is 38.3. The standard InChI is InChI=1S/C75H120O6/c1-4-7-10-13-16-19-22-25-27-29-31-33-35-37-39-41-43-45-47-50-53-56-59-62-65-68-74(77)80-71-72(70-79-73(76)67-64-61-58-55-52-49-24-21-18-15-12-9-6-3)81-75(78)69-66-63-60-57-54-51-48-46-44-42-40-38-36-34-32-30-28-26-23-20-17-14-11-8-5-2/h7,9-10,12,16,18-19,21,23,25-27,30-33,36-39,43,45,49-50,52-53,72H,4-6,8,11,13-15,17,20,22,24,28-29,34-35,40-42,44,46-48,51,54-71H2,1-3H3/b10-7-,12-9-,19-16-,21-18-,26-23-,27-25-,32-30-,33-31-,38-36-,39-37-,45-43-,52-49-,53-50-. The predicted octanol–water partition coefficient (Wildman–Crippen LogP) is 22.9. The number of rotatable bonds is 58. The van der Waals surface area contributed by atoms with Crippen molar-refractivity contribution >= 4 is 17.9 Å². The molecular weight excluding hydrogens is 997 g/mol. The lowest BCUT2D eigenvalue weighted by Gasteiger charge is -2.18. The van der Waals surface area contributed by atoms with Crippen LogP contribution in [0.1, 0.15) is 278 Å². The normalized spacial score (nSPS) is 13.2. The first kappa shape index (κ1) is 76.0. The van der Waals surface area contributed by atoms with E-state index in [0.29, 0.717) is 19.3 Å². The number of hydrogen-bond acceptors (Lipinski definition) is 6. The molecule has 81 heavy (non-hydrogen) atoms. The summed E-state index contributed by atoms with van der Waals surface area (Å²) < 4.78 is 16.9. The van der Waals surface area contributed by atoms with Gasteiger partial charge in [-0.25, -0.2) is 0 Å². The van der Waals surface area contributed by atoms with E-state index in [1.807, 2.05) is 0 Å². The van der Waals surface area contributed by atoms with Crippen LogP contribution in [0.3, 0.4) is 0 Å². The fourth-order valence-electron chi connectivity index (χ4n) is 8.62. The van der Waals surface area contributed by atoms with Gasteiger partial charge in [0.05, 0.1) is 0 Å². The lowest BCUT2D eigenvalue weighted by Crippen LogP contribution is -2.30. The minimum absolute atomic E-state index is 0.112. The fraction of sp³-hybridized carbons (Fsp3) is 0.613. The molecule has 1 atom stereocenters. The Morgan fingerprint density at radius 1 is 0.259 bits per heavy atom. The first-order valence-corrected chi connectivity index (χ1v) is 33.0. The molecule has 0 N–H and O–H groups in total. The van der Waals surface area contributed by atoms with Gasteiger partial charge in [-0.1, -0.05) is 269 Å². The van der Waals surface area contributed by atoms with Crippen molar-refractivity contribution < 1.29 is 28.6 Å². The summed E-state index contributed by atoms with van der Waals surface area (Å²) >= 11 is 0. The Labute approximate surface area is 499 Å². The average molecular weight is 1120 g/mol. The molecule has 0 bridgehead atoms. The van der Waals surface area contributed by atoms with E-state index in [2.05, 4.69) is 179 Å². The van der Waals surface area contributed by atoms with E-state index in [-0.39, 0.29) is 31.1 Å². The molecule has 6 nitrogen and oxygen atoms in total. The Kier molecular flexibility index (Phi) is 63.4. The lowest BCUT2D eigenvalue weighted by molar-refractivity contribution is -0.167. The zero-order valence-corrected chi connectivity index (χ0v) is 52.2. The SMILES string of the molecule is CC/C=C\C/C=C\C/C=C\C/C=C\C/C=C\C/C=C\C/C=C\CCCCCC(=O)OCC(COC(=O)CCCCC/C=C\C/C=C\C/C=C\CC)OC(=O)CCCCCCCCCCCC/C=C\C/C=C\C/C=C\CCCCCCC. The quantitative estimate of drug-likeness (QED) is 0.0261. The first-order chi connectivity index (χ1) is 40.0. The molecule has 0 spiro atoms. The number of unbranched alkanes of at least 4 members (excludes halogenated alkanes) is 21. The van der Waals surface area contributed by atoms with Gasteiger partial charge in [0.15, 0.2) is 6.10 Å². The Morgan fingerprint density at radius 2 is 0.481 bits per heavy atom. The van der Waals surface area contributed by atoms with Crippen LogP contribution in [0, 0.1) is 0 Å². The molecule has 456 valence electrons. The van der Waals surface area contributed by atoms with Crippen LogP contribution in [0.25, 0.3) is 0 Å². The highest BCUT2D eigenvalue weighted by molar-refractivity contribution is 5.71. The Morgan fingerprint density at radius 3 is 0.765 bits per heavy atom. The number of esters is 3. The topological polar surface area (TPSA) is 78.9 Å². The largest absolute Gasteiger partial charge is 0.462 e. The Balaban J connectivity index is 4.44. The summed E-state index contributed by atoms with van der Waals surface area (Å²) in [5.41, 5.74) is 0. The number of ether oxygens (including phenoxy) is 3. The summed E-state index contributed by atoms with van der Waals surface area (Å²) in [6.45, 7) is 6.34. The van der Waals surface area contributed by atoms with Crippen LogP contribution in [0.5, 0.6) is 0 Å². The second kappa shape index (κ2) is 67.5. The predicted molar refractivity (Wildman–Crippen MR) is 352 cm³/mol. The number of carbonyl (C=O) groups excluding carboxylic acids is 3. The third-order valence-corrected chi connectivity index (χ3v) is 13.5. The summed E-state index contributed by atoms with van der Waals surface area (Å²) in [5, 5.41) is 0. The molecule has 0 aromatic rings. The maximum atomic E-state index is 12.9. The van der Waals surface area contributed by atoms with Crippen molar-refractivity contribution in [3.05, 3.63) is 158 Å². The summed E-state index contributed by atoms with van der Waals surface area (Å²) in [6, 6.07) is 0. The summed E-state index contributed by atoms with van der Waals surface area (Å²) in [6.07, 6.45) is 98.3. The van der Waals surface area contributed by atoms with Gasteiger partial charge in [-0.05, 0) is 148 Å². The van der Waals surface area contributed by atoms with Crippen LogP contribution in [-0.2, 0) is 28.6 Å². The van der Waals surface area contributed by atoms with Crippen LogP contribution >= 0.6 is 0 Å². The highest BCUT2D eigenvalue weighted by Crippen LogP contribution is 2.15. The van der Waals surface area contributed by atoms with Crippen LogP contribution in [0.15, 0.2) is 158 Å². The summed E-state index contributed by atoms with van der Waals surface area (Å²) in [5.74, 6) is -0.978. The van der Waals surface area contributed by atoms with Crippen molar-refractivity contribution in [1.29, 1.82) is 0 Å². The molecule has 0 saturated heterocycles. The fourth-order valence-corrected chi connectivity index (χ4v) is 8.62. The van der Waals surface area contributed by atoms with Crippen LogP contribution < -0.4 is 0 Å². The molecule has 6 heteroatoms. The van der Waals surface area contributed by atoms with Crippen LogP contribution in [-0.4, -0.2) is 37.2 Å². The number of carbonyl (C=O) groups is 3. The molecule has 0 amide bonds. The second-order valence-electron chi connectivity index (χ2n) is 21.3. The third kappa shape index (κ3) is 65.7. The average Bonchev–Trinajstić information content (AvgIpc) is 3.46. The van der Waals surface area contributed by atoms with E-state index in [4.69, 9.17) is 14.2 Å². The van der Waals surface area contributed by atoms with E-state index in [1.54, 1.807) is 0 Å². The zero-order chi connectivity index (χ0) is 58.5. The molecule has 0 saturated carbocycles. The van der Waals surface area contributed by atoms with E-state index in [9.17, 15) is 14.4 Å². The zero-order valence-electron chi connectivity index (χ0n) is 52.2. The van der Waals surface area contributed by atoms with Gasteiger partial charge < -0.3 is 14.2 Å². The van der Waals surface area contributed by atoms with E-state index in [0.717, 1.165) is 148 Å². The molecule has 0 aliphatic heterocycles. The Bertz CT molecular complexity index is 1810. The molecular formula is C75H120O6. The minimum atomic E-state index is -0.816. The van der Waals surface area contributed by atoms with Gasteiger partial charge in [0, 0.05) is 19.3 Å². The molecule has 0 aromatic heterocycles. The molecule has 0 aliphatic carbocycles. The van der Waals surface area contributed by atoms with Crippen molar-refractivity contribution in [2.75, 3.05) is 13.2 Å². The lowest BCUT2D eigenvalue weighted by atomic mass is 10.0. The first-order valence-electron chi connectivity index (χ1n) is 33.0. The third-order valence-electron chi connectivity index (χ3n) is 13.5. The molecule has 1 unspecified atom stereocenters. The highest BCUT2D eigenvalue weighted by atomic mass is 16.6. The van der Waals surface area contributed by atoms with Crippen molar-refractivity contribution in [3.63, 3.8) is 0 Å². The van der Waals surface area contributed by atoms with Gasteiger partial charge in [-0.3, -0.25) is 14.4 Å². The maximum Gasteiger partial charge on any atom is 0.306 e. The molecule has 0 radical (unpaired) electrons. The van der Waals surface area contributed by atoms with Gasteiger partial charge in [0.2, 0.25) is 0 Å². The second-order valence-corrected chi connectivity index (χ2v) is 21.3. The smallest absolute Gasteiger partial charge is 0.306 e. The monoisotopic (exact) mass is 1120 g/mol. The van der Waals surface area contributed by atoms with Gasteiger partial charge in [-0.15, -0.1) is 0 Å². The highest BCUT2D eigenvalue weighted by Gasteiger charge is 2.19. The summed E-state index contributed by atoms with van der Waals surface area (Å²) in [7, 11) is 0. The van der Waals surface area contributed by atoms with Crippen molar-refractivity contribution in [1.82, 2.24) is 0 Å². The van der Waals surface area contributed by atoms with Gasteiger partial charge in [-0.2, -0.15) is 0 Å². The van der Waals surface area contributed by atoms with Gasteiger partial charge in [0.25, 0.3) is 0 Å². The Hall–Kier alpha value is -4.97. The molecule has 0 aromatic carbocycles. The van der Waals surface area contributed by atoms with Crippen molar-refractivity contribution in [3.8, 4) is 0 Å². The molecule has 0 heterocycles. The van der Waals surface area contributed by atoms with E-state index >= 15 is 0 Å². The van der Waals surface area contributed by atoms with E-state index in [1.165, 1.54) is 89.9 Å². The van der Waals surface area contributed by atoms with Crippen LogP contribution in [0.4, 0.5) is 0 Å². The maximum absolute atomic E-state index is 12.9. The minimum Gasteiger partial charge on any atom is -0.462 e. The molecule has 0 fully saturated rings. The number of hydrogen-bond donors (Lipinski definition) is 0. The van der Waals surface area contributed by atoms with Gasteiger partial charge in [0.1, 0.15) is 13.2 Å². The van der Waals surface area contributed by atoms with Crippen LogP contribution in [0.2, 0.25) is 0 Å². The van der Waals surface area contributed by atoms with E-state index < -0.39 is 6.10 Å². The van der Waals surface area contributed by atoms with Gasteiger partial charge >= 0.3 is 17.9 Å². The van der Waals surface area contributed by atoms with Crippen molar-refractivity contribution in [2.45, 2.75) is 284 Å². The number of allylic oxidation sites excluding steroid dienone is 26. The molecule has 0 rings (SSSR count). The van der Waals surface area contributed by atoms with Crippen molar-refractivity contribution in [2.24, 2.45) is 0 Å². The molecule has 0 aliphatic rings.